The van der Waals surface area contributed by atoms with E-state index in [1.54, 1.807) is 17.8 Å². The fourth-order valence-corrected chi connectivity index (χ4v) is 2.31. The van der Waals surface area contributed by atoms with Crippen molar-refractivity contribution in [2.24, 2.45) is 0 Å². The smallest absolute Gasteiger partial charge is 0.325 e. The van der Waals surface area contributed by atoms with E-state index in [9.17, 15) is 9.59 Å². The van der Waals surface area contributed by atoms with Gasteiger partial charge in [0, 0.05) is 13.0 Å². The Labute approximate surface area is 128 Å². The molecule has 2 aromatic rings. The molecule has 22 heavy (non-hydrogen) atoms. The number of nitrogens with one attached hydrogen (secondary N) is 1. The van der Waals surface area contributed by atoms with E-state index in [1.807, 2.05) is 18.5 Å². The third-order valence-electron chi connectivity index (χ3n) is 3.30. The molecule has 8 heteroatoms. The molecule has 2 heterocycles. The van der Waals surface area contributed by atoms with E-state index >= 15 is 0 Å². The van der Waals surface area contributed by atoms with Gasteiger partial charge in [-0.3, -0.25) is 19.0 Å². The van der Waals surface area contributed by atoms with Crippen LogP contribution in [0.4, 0.5) is 0 Å². The first-order chi connectivity index (χ1) is 10.6. The van der Waals surface area contributed by atoms with Crippen molar-refractivity contribution in [1.82, 2.24) is 24.9 Å². The number of fused-ring (bicyclic) bond motifs is 1. The van der Waals surface area contributed by atoms with Crippen molar-refractivity contribution in [3.63, 3.8) is 0 Å². The van der Waals surface area contributed by atoms with Crippen molar-refractivity contribution in [2.45, 2.75) is 40.3 Å². The molecule has 0 saturated heterocycles. The highest BCUT2D eigenvalue weighted by Gasteiger charge is 2.13. The van der Waals surface area contributed by atoms with Gasteiger partial charge in [0.25, 0.3) is 0 Å². The zero-order valence-corrected chi connectivity index (χ0v) is 13.1. The Morgan fingerprint density at radius 2 is 2.09 bits per heavy atom. The molecule has 0 fully saturated rings. The summed E-state index contributed by atoms with van der Waals surface area (Å²) < 4.78 is 8.40. The molecule has 8 nitrogen and oxygen atoms in total. The van der Waals surface area contributed by atoms with Gasteiger partial charge >= 0.3 is 5.97 Å². The number of hydrogen-bond donors (Lipinski definition) is 1. The molecular formula is C14H21N5O3. The largest absolute Gasteiger partial charge is 0.465 e. The molecule has 0 aliphatic carbocycles. The Morgan fingerprint density at radius 1 is 1.32 bits per heavy atom. The van der Waals surface area contributed by atoms with Crippen molar-refractivity contribution < 1.29 is 14.3 Å². The quantitative estimate of drug-likeness (QED) is 0.758. The first kappa shape index (κ1) is 16.0. The van der Waals surface area contributed by atoms with Crippen molar-refractivity contribution in [2.75, 3.05) is 13.2 Å². The molecule has 2 rings (SSSR count). The number of amides is 1. The Kier molecular flexibility index (Phi) is 5.13. The van der Waals surface area contributed by atoms with Gasteiger partial charge in [-0.1, -0.05) is 0 Å². The van der Waals surface area contributed by atoms with E-state index in [1.165, 1.54) is 0 Å². The minimum Gasteiger partial charge on any atom is -0.465 e. The standard InChI is InChI=1S/C14H21N5O3/c1-4-18-11-8-16-19(14(11)10(3)17-18)7-6-12(20)15-9-13(21)22-5-2/h8H,4-7,9H2,1-3H3,(H,15,20). The van der Waals surface area contributed by atoms with E-state index in [4.69, 9.17) is 4.74 Å². The molecule has 0 bridgehead atoms. The van der Waals surface area contributed by atoms with E-state index in [0.29, 0.717) is 13.2 Å². The van der Waals surface area contributed by atoms with E-state index < -0.39 is 5.97 Å². The summed E-state index contributed by atoms with van der Waals surface area (Å²) in [5, 5.41) is 11.3. The second-order valence-corrected chi connectivity index (χ2v) is 4.83. The van der Waals surface area contributed by atoms with E-state index in [0.717, 1.165) is 23.3 Å². The number of aromatic nitrogens is 4. The average Bonchev–Trinajstić information content (AvgIpc) is 3.05. The summed E-state index contributed by atoms with van der Waals surface area (Å²) >= 11 is 0. The molecule has 0 saturated carbocycles. The number of carbonyl (C=O) groups is 2. The van der Waals surface area contributed by atoms with Gasteiger partial charge in [-0.25, -0.2) is 0 Å². The fourth-order valence-electron chi connectivity index (χ4n) is 2.31. The Bertz CT molecular complexity index is 673. The summed E-state index contributed by atoms with van der Waals surface area (Å²) in [6, 6.07) is 0. The van der Waals surface area contributed by atoms with Crippen LogP contribution in [-0.4, -0.2) is 44.6 Å². The lowest BCUT2D eigenvalue weighted by Gasteiger charge is -2.05. The van der Waals surface area contributed by atoms with Gasteiger partial charge in [0.2, 0.25) is 5.91 Å². The summed E-state index contributed by atoms with van der Waals surface area (Å²) in [6.45, 7) is 7.08. The SMILES string of the molecule is CCOC(=O)CNC(=O)CCn1ncc2c1c(C)nn2CC. The molecule has 1 amide bonds. The summed E-state index contributed by atoms with van der Waals surface area (Å²) in [7, 11) is 0. The predicted octanol–water partition coefficient (Wildman–Crippen LogP) is 0.631. The molecule has 0 spiro atoms. The first-order valence-corrected chi connectivity index (χ1v) is 7.38. The van der Waals surface area contributed by atoms with Crippen molar-refractivity contribution in [3.05, 3.63) is 11.9 Å². The van der Waals surface area contributed by atoms with Crippen LogP contribution in [0.25, 0.3) is 11.0 Å². The van der Waals surface area contributed by atoms with Gasteiger partial charge < -0.3 is 10.1 Å². The molecule has 0 aliphatic heterocycles. The molecule has 2 aromatic heterocycles. The topological polar surface area (TPSA) is 91.0 Å². The van der Waals surface area contributed by atoms with Gasteiger partial charge in [0.1, 0.15) is 17.6 Å². The van der Waals surface area contributed by atoms with Gasteiger partial charge in [0.15, 0.2) is 0 Å². The van der Waals surface area contributed by atoms with Crippen LogP contribution in [0, 0.1) is 6.92 Å². The van der Waals surface area contributed by atoms with Gasteiger partial charge in [-0.05, 0) is 20.8 Å². The number of nitrogens with zero attached hydrogens (tertiary/aromatic N) is 4. The number of esters is 1. The zero-order valence-electron chi connectivity index (χ0n) is 13.1. The minimum absolute atomic E-state index is 0.103. The monoisotopic (exact) mass is 307 g/mol. The number of aryl methyl sites for hydroxylation is 3. The highest BCUT2D eigenvalue weighted by atomic mass is 16.5. The number of hydrogen-bond acceptors (Lipinski definition) is 5. The Hall–Kier alpha value is -2.38. The molecule has 0 unspecified atom stereocenters. The lowest BCUT2D eigenvalue weighted by molar-refractivity contribution is -0.143. The highest BCUT2D eigenvalue weighted by Crippen LogP contribution is 2.17. The maximum atomic E-state index is 11.7. The highest BCUT2D eigenvalue weighted by molar-refractivity contribution is 5.82. The van der Waals surface area contributed by atoms with Crippen molar-refractivity contribution >= 4 is 22.9 Å². The third-order valence-corrected chi connectivity index (χ3v) is 3.30. The normalized spacial score (nSPS) is 10.9. The summed E-state index contributed by atoms with van der Waals surface area (Å²) in [4.78, 5) is 22.9. The minimum atomic E-state index is -0.433. The van der Waals surface area contributed by atoms with Crippen LogP contribution >= 0.6 is 0 Å². The average molecular weight is 307 g/mol. The van der Waals surface area contributed by atoms with E-state index in [-0.39, 0.29) is 18.9 Å². The van der Waals surface area contributed by atoms with Crippen LogP contribution < -0.4 is 5.32 Å². The lowest BCUT2D eigenvalue weighted by atomic mass is 10.3. The molecule has 0 aromatic carbocycles. The predicted molar refractivity (Wildman–Crippen MR) is 80.2 cm³/mol. The second kappa shape index (κ2) is 7.06. The van der Waals surface area contributed by atoms with Crippen LogP contribution in [-0.2, 0) is 27.4 Å². The van der Waals surface area contributed by atoms with E-state index in [2.05, 4.69) is 15.5 Å². The molecule has 0 aliphatic rings. The Balaban J connectivity index is 1.93. The Morgan fingerprint density at radius 3 is 2.77 bits per heavy atom. The fraction of sp³-hybridized carbons (Fsp3) is 0.571. The lowest BCUT2D eigenvalue weighted by Crippen LogP contribution is -2.31. The number of rotatable bonds is 7. The summed E-state index contributed by atoms with van der Waals surface area (Å²) in [6.07, 6.45) is 2.00. The number of carbonyl (C=O) groups excluding carboxylic acids is 2. The maximum Gasteiger partial charge on any atom is 0.325 e. The van der Waals surface area contributed by atoms with Crippen molar-refractivity contribution in [3.8, 4) is 0 Å². The molecule has 1 N–H and O–H groups in total. The second-order valence-electron chi connectivity index (χ2n) is 4.83. The van der Waals surface area contributed by atoms with Crippen LogP contribution in [0.5, 0.6) is 0 Å². The van der Waals surface area contributed by atoms with Gasteiger partial charge in [0.05, 0.1) is 25.0 Å². The van der Waals surface area contributed by atoms with Gasteiger partial charge in [-0.15, -0.1) is 0 Å². The maximum absolute atomic E-state index is 11.7. The van der Waals surface area contributed by atoms with Crippen LogP contribution in [0.3, 0.4) is 0 Å². The molecular weight excluding hydrogens is 286 g/mol. The molecule has 0 atom stereocenters. The number of ether oxygens (including phenoxy) is 1. The van der Waals surface area contributed by atoms with Crippen LogP contribution in [0.2, 0.25) is 0 Å². The summed E-state index contributed by atoms with van der Waals surface area (Å²) in [5.74, 6) is -0.644. The van der Waals surface area contributed by atoms with Crippen LogP contribution in [0.1, 0.15) is 26.0 Å². The summed E-state index contributed by atoms with van der Waals surface area (Å²) in [5.41, 5.74) is 2.80. The van der Waals surface area contributed by atoms with Crippen molar-refractivity contribution in [1.29, 1.82) is 0 Å². The zero-order chi connectivity index (χ0) is 16.1. The van der Waals surface area contributed by atoms with Gasteiger partial charge in [-0.2, -0.15) is 10.2 Å². The first-order valence-electron chi connectivity index (χ1n) is 7.38. The molecule has 0 radical (unpaired) electrons. The van der Waals surface area contributed by atoms with Crippen LogP contribution in [0.15, 0.2) is 6.20 Å². The third kappa shape index (κ3) is 3.44. The molecule has 120 valence electrons.